The maximum atomic E-state index is 13.0. The fraction of sp³-hybridized carbons (Fsp3) is 0.100. The predicted molar refractivity (Wildman–Crippen MR) is 104 cm³/mol. The van der Waals surface area contributed by atoms with Crippen molar-refractivity contribution >= 4 is 29.1 Å². The van der Waals surface area contributed by atoms with Crippen LogP contribution in [0.15, 0.2) is 60.0 Å². The number of hydrogen-bond acceptors (Lipinski definition) is 6. The van der Waals surface area contributed by atoms with Crippen LogP contribution in [-0.4, -0.2) is 28.9 Å². The molecule has 0 fully saturated rings. The normalized spacial score (nSPS) is 11.4. The van der Waals surface area contributed by atoms with Gasteiger partial charge in [-0.15, -0.1) is 11.3 Å². The number of hydrogen-bond donors (Lipinski definition) is 2. The maximum Gasteiger partial charge on any atom is 0.358 e. The summed E-state index contributed by atoms with van der Waals surface area (Å²) in [6.07, 6.45) is -1.16. The Balaban J connectivity index is 1.54. The van der Waals surface area contributed by atoms with Gasteiger partial charge in [0.1, 0.15) is 10.8 Å². The zero-order valence-electron chi connectivity index (χ0n) is 15.2. The SMILES string of the molecule is C[C@@H](OC(=O)c1csc(-c2ccc(F)cc2)n1)C(=O)NNC(=O)c1ccccc1. The van der Waals surface area contributed by atoms with Crippen molar-refractivity contribution in [3.63, 3.8) is 0 Å². The third-order valence-electron chi connectivity index (χ3n) is 3.79. The van der Waals surface area contributed by atoms with Gasteiger partial charge >= 0.3 is 5.97 Å². The monoisotopic (exact) mass is 413 g/mol. The van der Waals surface area contributed by atoms with Gasteiger partial charge in [-0.2, -0.15) is 0 Å². The topological polar surface area (TPSA) is 97.4 Å². The second-order valence-electron chi connectivity index (χ2n) is 5.90. The minimum atomic E-state index is -1.16. The summed E-state index contributed by atoms with van der Waals surface area (Å²) in [5.74, 6) is -2.35. The number of carbonyl (C=O) groups excluding carboxylic acids is 3. The molecular formula is C20H16FN3O4S. The first-order valence-electron chi connectivity index (χ1n) is 8.51. The second-order valence-corrected chi connectivity index (χ2v) is 6.76. The molecule has 1 atom stereocenters. The number of esters is 1. The molecule has 0 aliphatic heterocycles. The molecule has 2 amide bonds. The summed E-state index contributed by atoms with van der Waals surface area (Å²) in [6, 6.07) is 14.0. The lowest BCUT2D eigenvalue weighted by Gasteiger charge is -2.13. The van der Waals surface area contributed by atoms with E-state index < -0.39 is 23.9 Å². The van der Waals surface area contributed by atoms with Gasteiger partial charge < -0.3 is 4.74 Å². The smallest absolute Gasteiger partial charge is 0.358 e. The van der Waals surface area contributed by atoms with E-state index in [1.54, 1.807) is 42.5 Å². The minimum absolute atomic E-state index is 0.0299. The van der Waals surface area contributed by atoms with Crippen molar-refractivity contribution < 1.29 is 23.5 Å². The molecule has 0 radical (unpaired) electrons. The number of rotatable bonds is 5. The molecule has 7 nitrogen and oxygen atoms in total. The number of carbonyl (C=O) groups is 3. The first-order valence-corrected chi connectivity index (χ1v) is 9.39. The highest BCUT2D eigenvalue weighted by atomic mass is 32.1. The lowest BCUT2D eigenvalue weighted by Crippen LogP contribution is -2.46. The highest BCUT2D eigenvalue weighted by Crippen LogP contribution is 2.24. The molecule has 0 aliphatic carbocycles. The van der Waals surface area contributed by atoms with Crippen LogP contribution in [-0.2, 0) is 9.53 Å². The Kier molecular flexibility index (Phi) is 6.30. The Morgan fingerprint density at radius 1 is 1.03 bits per heavy atom. The minimum Gasteiger partial charge on any atom is -0.448 e. The van der Waals surface area contributed by atoms with Crippen LogP contribution in [0.3, 0.4) is 0 Å². The number of hydrazine groups is 1. The van der Waals surface area contributed by atoms with Gasteiger partial charge in [0.05, 0.1) is 0 Å². The Labute approximate surface area is 169 Å². The number of benzene rings is 2. The van der Waals surface area contributed by atoms with Crippen LogP contribution in [0, 0.1) is 5.82 Å². The van der Waals surface area contributed by atoms with Gasteiger partial charge in [0.25, 0.3) is 11.8 Å². The van der Waals surface area contributed by atoms with Crippen molar-refractivity contribution in [2.24, 2.45) is 0 Å². The van der Waals surface area contributed by atoms with Crippen LogP contribution >= 0.6 is 11.3 Å². The summed E-state index contributed by atoms with van der Waals surface area (Å²) in [5, 5.41) is 2.01. The molecule has 1 heterocycles. The average Bonchev–Trinajstić information content (AvgIpc) is 3.23. The first kappa shape index (κ1) is 20.2. The molecule has 3 rings (SSSR count). The quantitative estimate of drug-likeness (QED) is 0.495. The molecule has 0 saturated heterocycles. The number of nitrogens with zero attached hydrogens (tertiary/aromatic N) is 1. The van der Waals surface area contributed by atoms with E-state index in [9.17, 15) is 18.8 Å². The summed E-state index contributed by atoms with van der Waals surface area (Å²) in [4.78, 5) is 40.3. The summed E-state index contributed by atoms with van der Waals surface area (Å²) >= 11 is 1.19. The van der Waals surface area contributed by atoms with Crippen molar-refractivity contribution in [3.8, 4) is 10.6 Å². The van der Waals surface area contributed by atoms with E-state index in [0.717, 1.165) is 0 Å². The zero-order valence-corrected chi connectivity index (χ0v) is 16.0. The standard InChI is InChI=1S/C20H16FN3O4S/c1-12(17(25)23-24-18(26)13-5-3-2-4-6-13)28-20(27)16-11-29-19(22-16)14-7-9-15(21)10-8-14/h2-12H,1H3,(H,23,25)(H,24,26)/t12-/m1/s1. The molecule has 29 heavy (non-hydrogen) atoms. The van der Waals surface area contributed by atoms with Crippen molar-refractivity contribution in [1.29, 1.82) is 0 Å². The van der Waals surface area contributed by atoms with E-state index in [4.69, 9.17) is 4.74 Å². The van der Waals surface area contributed by atoms with Gasteiger partial charge in [-0.05, 0) is 43.3 Å². The van der Waals surface area contributed by atoms with Crippen LogP contribution in [0.2, 0.25) is 0 Å². The first-order chi connectivity index (χ1) is 13.9. The van der Waals surface area contributed by atoms with Gasteiger partial charge in [-0.1, -0.05) is 18.2 Å². The summed E-state index contributed by atoms with van der Waals surface area (Å²) in [7, 11) is 0. The van der Waals surface area contributed by atoms with Gasteiger partial charge in [0.2, 0.25) is 0 Å². The number of amides is 2. The molecule has 0 unspecified atom stereocenters. The number of nitrogens with one attached hydrogen (secondary N) is 2. The second kappa shape index (κ2) is 9.07. The molecule has 0 bridgehead atoms. The van der Waals surface area contributed by atoms with Gasteiger partial charge in [-0.3, -0.25) is 20.4 Å². The third-order valence-corrected chi connectivity index (χ3v) is 4.68. The highest BCUT2D eigenvalue weighted by Gasteiger charge is 2.21. The van der Waals surface area contributed by atoms with Crippen molar-refractivity contribution in [3.05, 3.63) is 77.1 Å². The van der Waals surface area contributed by atoms with Crippen LogP contribution in [0.1, 0.15) is 27.8 Å². The van der Waals surface area contributed by atoms with Crippen LogP contribution < -0.4 is 10.9 Å². The fourth-order valence-corrected chi connectivity index (χ4v) is 3.04. The van der Waals surface area contributed by atoms with Crippen molar-refractivity contribution in [2.45, 2.75) is 13.0 Å². The highest BCUT2D eigenvalue weighted by molar-refractivity contribution is 7.13. The molecule has 1 aromatic heterocycles. The summed E-state index contributed by atoms with van der Waals surface area (Å²) < 4.78 is 18.1. The Morgan fingerprint density at radius 2 is 1.72 bits per heavy atom. The van der Waals surface area contributed by atoms with Crippen LogP contribution in [0.4, 0.5) is 4.39 Å². The summed E-state index contributed by atoms with van der Waals surface area (Å²) in [5.41, 5.74) is 5.51. The van der Waals surface area contributed by atoms with Crippen molar-refractivity contribution in [2.75, 3.05) is 0 Å². The Bertz CT molecular complexity index is 1020. The average molecular weight is 413 g/mol. The summed E-state index contributed by atoms with van der Waals surface area (Å²) in [6.45, 7) is 1.37. The molecule has 3 aromatic rings. The number of halogens is 1. The molecular weight excluding hydrogens is 397 g/mol. The molecule has 0 saturated carbocycles. The molecule has 2 N–H and O–H groups in total. The van der Waals surface area contributed by atoms with E-state index >= 15 is 0 Å². The van der Waals surface area contributed by atoms with E-state index in [1.807, 2.05) is 0 Å². The molecule has 0 spiro atoms. The molecule has 148 valence electrons. The van der Waals surface area contributed by atoms with Crippen molar-refractivity contribution in [1.82, 2.24) is 15.8 Å². The largest absolute Gasteiger partial charge is 0.448 e. The lowest BCUT2D eigenvalue weighted by molar-refractivity contribution is -0.129. The zero-order chi connectivity index (χ0) is 20.8. The maximum absolute atomic E-state index is 13.0. The number of ether oxygens (including phenoxy) is 1. The molecule has 2 aromatic carbocycles. The van der Waals surface area contributed by atoms with E-state index in [0.29, 0.717) is 16.1 Å². The fourth-order valence-electron chi connectivity index (χ4n) is 2.25. The van der Waals surface area contributed by atoms with E-state index in [1.165, 1.54) is 35.8 Å². The number of thiazole rings is 1. The van der Waals surface area contributed by atoms with Crippen LogP contribution in [0.5, 0.6) is 0 Å². The van der Waals surface area contributed by atoms with Crippen LogP contribution in [0.25, 0.3) is 10.6 Å². The van der Waals surface area contributed by atoms with Gasteiger partial charge in [0, 0.05) is 16.5 Å². The number of aromatic nitrogens is 1. The van der Waals surface area contributed by atoms with Gasteiger partial charge in [0.15, 0.2) is 11.8 Å². The third kappa shape index (κ3) is 5.23. The Morgan fingerprint density at radius 3 is 2.41 bits per heavy atom. The van der Waals surface area contributed by atoms with Gasteiger partial charge in [-0.25, -0.2) is 14.2 Å². The van der Waals surface area contributed by atoms with E-state index in [-0.39, 0.29) is 11.5 Å². The Hall–Kier alpha value is -3.59. The predicted octanol–water partition coefficient (Wildman–Crippen LogP) is 2.96. The molecule has 0 aliphatic rings. The molecule has 9 heteroatoms. The lowest BCUT2D eigenvalue weighted by atomic mass is 10.2. The van der Waals surface area contributed by atoms with E-state index in [2.05, 4.69) is 15.8 Å².